The first-order valence-corrected chi connectivity index (χ1v) is 13.6. The average molecular weight is 548 g/mol. The Balaban J connectivity index is 1.38. The molecule has 0 spiro atoms. The third-order valence-electron chi connectivity index (χ3n) is 6.54. The third-order valence-corrected chi connectivity index (χ3v) is 8.45. The van der Waals surface area contributed by atoms with Gasteiger partial charge in [-0.05, 0) is 48.5 Å². The molecule has 5 rings (SSSR count). The Morgan fingerprint density at radius 2 is 1.56 bits per heavy atom. The Morgan fingerprint density at radius 3 is 2.15 bits per heavy atom. The molecular formula is C27H25N5O6S. The molecule has 1 amide bonds. The molecule has 39 heavy (non-hydrogen) atoms. The molecule has 0 atom stereocenters. The van der Waals surface area contributed by atoms with Gasteiger partial charge in [0.15, 0.2) is 0 Å². The van der Waals surface area contributed by atoms with Crippen LogP contribution in [0.1, 0.15) is 10.4 Å². The van der Waals surface area contributed by atoms with Crippen molar-refractivity contribution in [2.45, 2.75) is 4.90 Å². The zero-order chi connectivity index (χ0) is 27.6. The van der Waals surface area contributed by atoms with Crippen molar-refractivity contribution in [3.8, 4) is 22.7 Å². The van der Waals surface area contributed by atoms with Crippen molar-refractivity contribution in [2.24, 2.45) is 0 Å². The summed E-state index contributed by atoms with van der Waals surface area (Å²) in [7, 11) is -2.28. The van der Waals surface area contributed by atoms with Gasteiger partial charge in [-0.25, -0.2) is 13.1 Å². The maximum absolute atomic E-state index is 13.7. The highest BCUT2D eigenvalue weighted by Crippen LogP contribution is 2.28. The van der Waals surface area contributed by atoms with Gasteiger partial charge in [-0.1, -0.05) is 18.2 Å². The Morgan fingerprint density at radius 1 is 0.923 bits per heavy atom. The summed E-state index contributed by atoms with van der Waals surface area (Å²) in [6, 6.07) is 21.5. The number of aromatic nitrogens is 2. The highest BCUT2D eigenvalue weighted by atomic mass is 32.2. The van der Waals surface area contributed by atoms with Gasteiger partial charge in [0.2, 0.25) is 10.0 Å². The predicted molar refractivity (Wildman–Crippen MR) is 143 cm³/mol. The Kier molecular flexibility index (Phi) is 7.13. The van der Waals surface area contributed by atoms with E-state index in [4.69, 9.17) is 9.84 Å². The van der Waals surface area contributed by atoms with E-state index in [-0.39, 0.29) is 42.7 Å². The monoisotopic (exact) mass is 547 g/mol. The van der Waals surface area contributed by atoms with Crippen molar-refractivity contribution in [1.29, 1.82) is 0 Å². The van der Waals surface area contributed by atoms with E-state index in [1.165, 1.54) is 16.4 Å². The Labute approximate surface area is 225 Å². The summed E-state index contributed by atoms with van der Waals surface area (Å²) in [5.41, 5.74) is 2.26. The number of nitrogens with zero attached hydrogens (tertiary/aromatic N) is 5. The van der Waals surface area contributed by atoms with Gasteiger partial charge in [0.25, 0.3) is 11.6 Å². The number of rotatable bonds is 7. The second kappa shape index (κ2) is 10.7. The number of nitro groups is 1. The molecule has 4 aromatic rings. The molecule has 1 saturated heterocycles. The van der Waals surface area contributed by atoms with E-state index in [0.717, 1.165) is 23.4 Å². The standard InChI is InChI=1S/C27H25N5O6S/c1-38-23-11-7-20(8-12-23)26-25(19-31(28-26)21-5-3-2-4-6-21)27(33)29-15-17-30(18-16-29)39(36,37)24-13-9-22(10-14-24)32(34)35/h2-14,19H,15-18H2,1H3. The second-order valence-electron chi connectivity index (χ2n) is 8.85. The van der Waals surface area contributed by atoms with Crippen LogP contribution in [0.5, 0.6) is 5.75 Å². The Hall–Kier alpha value is -4.55. The molecular weight excluding hydrogens is 522 g/mol. The number of sulfonamides is 1. The van der Waals surface area contributed by atoms with Gasteiger partial charge in [0.1, 0.15) is 11.4 Å². The van der Waals surface area contributed by atoms with Crippen LogP contribution in [0.3, 0.4) is 0 Å². The quantitative estimate of drug-likeness (QED) is 0.255. The molecule has 11 nitrogen and oxygen atoms in total. The topological polar surface area (TPSA) is 128 Å². The summed E-state index contributed by atoms with van der Waals surface area (Å²) in [6.45, 7) is 0.554. The van der Waals surface area contributed by atoms with Crippen LogP contribution in [0.4, 0.5) is 5.69 Å². The van der Waals surface area contributed by atoms with Crippen molar-refractivity contribution in [3.63, 3.8) is 0 Å². The fourth-order valence-electron chi connectivity index (χ4n) is 4.40. The molecule has 200 valence electrons. The maximum atomic E-state index is 13.7. The number of carbonyl (C=O) groups excluding carboxylic acids is 1. The Bertz CT molecular complexity index is 1590. The first kappa shape index (κ1) is 26.1. The van der Waals surface area contributed by atoms with E-state index in [1.54, 1.807) is 35.0 Å². The third kappa shape index (κ3) is 5.24. The zero-order valence-electron chi connectivity index (χ0n) is 21.0. The van der Waals surface area contributed by atoms with Crippen molar-refractivity contribution < 1.29 is 22.9 Å². The van der Waals surface area contributed by atoms with Gasteiger partial charge in [-0.15, -0.1) is 0 Å². The van der Waals surface area contributed by atoms with E-state index >= 15 is 0 Å². The molecule has 2 heterocycles. The molecule has 0 bridgehead atoms. The van der Waals surface area contributed by atoms with Gasteiger partial charge in [-0.3, -0.25) is 14.9 Å². The number of piperazine rings is 1. The van der Waals surface area contributed by atoms with Crippen LogP contribution in [-0.2, 0) is 10.0 Å². The lowest BCUT2D eigenvalue weighted by atomic mass is 10.1. The first-order valence-electron chi connectivity index (χ1n) is 12.1. The van der Waals surface area contributed by atoms with E-state index in [0.29, 0.717) is 17.0 Å². The van der Waals surface area contributed by atoms with Gasteiger partial charge in [0.05, 0.1) is 28.2 Å². The van der Waals surface area contributed by atoms with E-state index in [2.05, 4.69) is 0 Å². The number of hydrogen-bond acceptors (Lipinski definition) is 7. The summed E-state index contributed by atoms with van der Waals surface area (Å²) in [6.07, 6.45) is 1.69. The van der Waals surface area contributed by atoms with Crippen molar-refractivity contribution in [3.05, 3.63) is 101 Å². The molecule has 1 fully saturated rings. The fourth-order valence-corrected chi connectivity index (χ4v) is 5.82. The lowest BCUT2D eigenvalue weighted by Crippen LogP contribution is -2.50. The number of methoxy groups -OCH3 is 1. The molecule has 1 aliphatic rings. The van der Waals surface area contributed by atoms with Gasteiger partial charge in [0, 0.05) is 50.1 Å². The highest BCUT2D eigenvalue weighted by molar-refractivity contribution is 7.89. The normalized spacial score (nSPS) is 14.2. The number of non-ortho nitro benzene ring substituents is 1. The smallest absolute Gasteiger partial charge is 0.269 e. The van der Waals surface area contributed by atoms with Crippen LogP contribution < -0.4 is 4.74 Å². The van der Waals surface area contributed by atoms with Crippen LogP contribution in [0, 0.1) is 10.1 Å². The summed E-state index contributed by atoms with van der Waals surface area (Å²) < 4.78 is 34.4. The number of nitro benzene ring substituents is 1. The maximum Gasteiger partial charge on any atom is 0.269 e. The largest absolute Gasteiger partial charge is 0.497 e. The molecule has 0 unspecified atom stereocenters. The molecule has 1 aliphatic heterocycles. The SMILES string of the molecule is COc1ccc(-c2nn(-c3ccccc3)cc2C(=O)N2CCN(S(=O)(=O)c3ccc([N+](=O)[O-])cc3)CC2)cc1. The van der Waals surface area contributed by atoms with E-state index < -0.39 is 14.9 Å². The second-order valence-corrected chi connectivity index (χ2v) is 10.8. The zero-order valence-corrected chi connectivity index (χ0v) is 21.8. The van der Waals surface area contributed by atoms with Gasteiger partial charge in [-0.2, -0.15) is 9.40 Å². The minimum atomic E-state index is -3.86. The van der Waals surface area contributed by atoms with Crippen molar-refractivity contribution in [1.82, 2.24) is 19.0 Å². The molecule has 3 aromatic carbocycles. The van der Waals surface area contributed by atoms with Crippen LogP contribution in [-0.4, -0.2) is 71.5 Å². The fraction of sp³-hybridized carbons (Fsp3) is 0.185. The minimum absolute atomic E-state index is 0.0289. The van der Waals surface area contributed by atoms with Crippen LogP contribution in [0.2, 0.25) is 0 Å². The molecule has 0 saturated carbocycles. The lowest BCUT2D eigenvalue weighted by Gasteiger charge is -2.34. The van der Waals surface area contributed by atoms with E-state index in [1.807, 2.05) is 42.5 Å². The highest BCUT2D eigenvalue weighted by Gasteiger charge is 2.32. The number of carbonyl (C=O) groups is 1. The molecule has 0 radical (unpaired) electrons. The van der Waals surface area contributed by atoms with E-state index in [9.17, 15) is 23.3 Å². The van der Waals surface area contributed by atoms with Crippen LogP contribution in [0.25, 0.3) is 16.9 Å². The summed E-state index contributed by atoms with van der Waals surface area (Å²) in [5.74, 6) is 0.426. The number of para-hydroxylation sites is 1. The van der Waals surface area contributed by atoms with Crippen molar-refractivity contribution in [2.75, 3.05) is 33.3 Å². The predicted octanol–water partition coefficient (Wildman–Crippen LogP) is 3.60. The molecule has 12 heteroatoms. The summed E-state index contributed by atoms with van der Waals surface area (Å²) in [4.78, 5) is 25.6. The number of ether oxygens (including phenoxy) is 1. The minimum Gasteiger partial charge on any atom is -0.497 e. The number of hydrogen-bond donors (Lipinski definition) is 0. The van der Waals surface area contributed by atoms with Crippen LogP contribution >= 0.6 is 0 Å². The average Bonchev–Trinajstić information content (AvgIpc) is 3.43. The van der Waals surface area contributed by atoms with Crippen LogP contribution in [0.15, 0.2) is 90.0 Å². The van der Waals surface area contributed by atoms with Gasteiger partial charge < -0.3 is 9.64 Å². The first-order chi connectivity index (χ1) is 18.8. The summed E-state index contributed by atoms with van der Waals surface area (Å²) in [5, 5.41) is 15.6. The molecule has 0 N–H and O–H groups in total. The van der Waals surface area contributed by atoms with Gasteiger partial charge >= 0.3 is 0 Å². The number of benzene rings is 3. The molecule has 1 aromatic heterocycles. The number of amides is 1. The molecule has 0 aliphatic carbocycles. The summed E-state index contributed by atoms with van der Waals surface area (Å²) >= 11 is 0. The lowest BCUT2D eigenvalue weighted by molar-refractivity contribution is -0.384. The van der Waals surface area contributed by atoms with Crippen molar-refractivity contribution >= 4 is 21.6 Å².